The third-order valence-electron chi connectivity index (χ3n) is 2.90. The summed E-state index contributed by atoms with van der Waals surface area (Å²) in [5.74, 6) is -0.207. The van der Waals surface area contributed by atoms with Gasteiger partial charge < -0.3 is 9.47 Å². The second-order valence-electron chi connectivity index (χ2n) is 4.71. The zero-order chi connectivity index (χ0) is 14.3. The molecule has 19 heavy (non-hydrogen) atoms. The van der Waals surface area contributed by atoms with E-state index in [9.17, 15) is 4.79 Å². The average molecular weight is 270 g/mol. The van der Waals surface area contributed by atoms with Crippen molar-refractivity contribution in [1.29, 1.82) is 0 Å². The molecule has 0 atom stereocenters. The van der Waals surface area contributed by atoms with E-state index in [0.717, 1.165) is 32.1 Å². The normalized spacial score (nSPS) is 11.6. The minimum absolute atomic E-state index is 0.207. The molecule has 0 radical (unpaired) electrons. The lowest BCUT2D eigenvalue weighted by Crippen LogP contribution is -2.14. The molecule has 0 aliphatic rings. The van der Waals surface area contributed by atoms with Gasteiger partial charge in [-0.3, -0.25) is 0 Å². The van der Waals surface area contributed by atoms with Crippen molar-refractivity contribution in [3.05, 3.63) is 11.6 Å². The number of carbonyl (C=O) groups is 1. The molecule has 0 rings (SSSR count). The summed E-state index contributed by atoms with van der Waals surface area (Å²) in [5.41, 5.74) is 0.672. The van der Waals surface area contributed by atoms with E-state index in [1.54, 1.807) is 0 Å². The topological polar surface area (TPSA) is 35.5 Å². The van der Waals surface area contributed by atoms with Crippen LogP contribution in [-0.2, 0) is 14.3 Å². The number of allylic oxidation sites excluding steroid dienone is 1. The zero-order valence-electron chi connectivity index (χ0n) is 12.9. The van der Waals surface area contributed by atoms with Gasteiger partial charge in [-0.2, -0.15) is 0 Å². The van der Waals surface area contributed by atoms with E-state index in [0.29, 0.717) is 25.4 Å². The maximum Gasteiger partial charge on any atom is 0.336 e. The monoisotopic (exact) mass is 270 g/mol. The highest BCUT2D eigenvalue weighted by Gasteiger charge is 2.10. The van der Waals surface area contributed by atoms with Gasteiger partial charge in [0, 0.05) is 6.61 Å². The van der Waals surface area contributed by atoms with Crippen LogP contribution in [0.3, 0.4) is 0 Å². The van der Waals surface area contributed by atoms with Crippen molar-refractivity contribution < 1.29 is 14.3 Å². The van der Waals surface area contributed by atoms with Crippen LogP contribution in [0, 0.1) is 0 Å². The molecular formula is C16H30O3. The van der Waals surface area contributed by atoms with Crippen LogP contribution in [0.1, 0.15) is 65.7 Å². The van der Waals surface area contributed by atoms with Crippen molar-refractivity contribution >= 4 is 5.97 Å². The van der Waals surface area contributed by atoms with Gasteiger partial charge in [0.2, 0.25) is 0 Å². The number of hydrogen-bond acceptors (Lipinski definition) is 3. The Morgan fingerprint density at radius 2 is 1.74 bits per heavy atom. The van der Waals surface area contributed by atoms with E-state index in [1.807, 2.05) is 13.0 Å². The second-order valence-corrected chi connectivity index (χ2v) is 4.71. The maximum absolute atomic E-state index is 11.9. The Balaban J connectivity index is 4.03. The van der Waals surface area contributed by atoms with Crippen molar-refractivity contribution in [1.82, 2.24) is 0 Å². The lowest BCUT2D eigenvalue weighted by molar-refractivity contribution is -0.139. The molecule has 0 aromatic rings. The number of ether oxygens (including phenoxy) is 2. The highest BCUT2D eigenvalue weighted by atomic mass is 16.5. The Bertz CT molecular complexity index is 246. The molecule has 0 spiro atoms. The first-order valence-corrected chi connectivity index (χ1v) is 7.70. The number of rotatable bonds is 12. The maximum atomic E-state index is 11.9. The molecule has 0 saturated carbocycles. The Morgan fingerprint density at radius 3 is 2.37 bits per heavy atom. The Kier molecular flexibility index (Phi) is 13.0. The summed E-state index contributed by atoms with van der Waals surface area (Å²) < 4.78 is 10.6. The summed E-state index contributed by atoms with van der Waals surface area (Å²) in [4.78, 5) is 11.9. The molecule has 0 fully saturated rings. The molecule has 0 N–H and O–H groups in total. The van der Waals surface area contributed by atoms with E-state index in [2.05, 4.69) is 13.8 Å². The number of esters is 1. The van der Waals surface area contributed by atoms with E-state index in [4.69, 9.17) is 9.47 Å². The molecule has 0 bridgehead atoms. The van der Waals surface area contributed by atoms with Gasteiger partial charge >= 0.3 is 5.97 Å². The van der Waals surface area contributed by atoms with Crippen molar-refractivity contribution in [2.75, 3.05) is 19.8 Å². The molecule has 0 aliphatic heterocycles. The minimum Gasteiger partial charge on any atom is -0.462 e. The van der Waals surface area contributed by atoms with Crippen LogP contribution in [0.15, 0.2) is 11.6 Å². The molecule has 0 aliphatic carbocycles. The van der Waals surface area contributed by atoms with Crippen LogP contribution in [0.2, 0.25) is 0 Å². The SMILES string of the molecule is CCCCC=C(COCC)C(=O)OCCCCCC. The van der Waals surface area contributed by atoms with Crippen LogP contribution in [-0.4, -0.2) is 25.8 Å². The average Bonchev–Trinajstić information content (AvgIpc) is 2.42. The highest BCUT2D eigenvalue weighted by molar-refractivity contribution is 5.88. The fourth-order valence-corrected chi connectivity index (χ4v) is 1.68. The van der Waals surface area contributed by atoms with Crippen molar-refractivity contribution in [2.24, 2.45) is 0 Å². The molecule has 3 nitrogen and oxygen atoms in total. The molecule has 3 heteroatoms. The second kappa shape index (κ2) is 13.6. The van der Waals surface area contributed by atoms with Gasteiger partial charge in [-0.05, 0) is 19.8 Å². The van der Waals surface area contributed by atoms with Gasteiger partial charge in [-0.15, -0.1) is 0 Å². The van der Waals surface area contributed by atoms with Crippen molar-refractivity contribution in [2.45, 2.75) is 65.7 Å². The summed E-state index contributed by atoms with van der Waals surface area (Å²) in [6.07, 6.45) is 9.60. The third-order valence-corrected chi connectivity index (χ3v) is 2.90. The van der Waals surface area contributed by atoms with Crippen LogP contribution >= 0.6 is 0 Å². The first-order chi connectivity index (χ1) is 9.26. The lowest BCUT2D eigenvalue weighted by Gasteiger charge is -2.08. The molecular weight excluding hydrogens is 240 g/mol. The number of hydrogen-bond donors (Lipinski definition) is 0. The highest BCUT2D eigenvalue weighted by Crippen LogP contribution is 2.06. The van der Waals surface area contributed by atoms with E-state index in [-0.39, 0.29) is 5.97 Å². The summed E-state index contributed by atoms with van der Waals surface area (Å²) in [5, 5.41) is 0. The predicted molar refractivity (Wildman–Crippen MR) is 79.2 cm³/mol. The van der Waals surface area contributed by atoms with Crippen LogP contribution in [0.4, 0.5) is 0 Å². The largest absolute Gasteiger partial charge is 0.462 e. The molecule has 0 aromatic heterocycles. The lowest BCUT2D eigenvalue weighted by atomic mass is 10.2. The van der Waals surface area contributed by atoms with Gasteiger partial charge in [-0.1, -0.05) is 52.0 Å². The van der Waals surface area contributed by atoms with Gasteiger partial charge in [0.25, 0.3) is 0 Å². The first-order valence-electron chi connectivity index (χ1n) is 7.70. The third kappa shape index (κ3) is 10.8. The van der Waals surface area contributed by atoms with E-state index < -0.39 is 0 Å². The summed E-state index contributed by atoms with van der Waals surface area (Å²) in [6, 6.07) is 0. The van der Waals surface area contributed by atoms with Crippen LogP contribution in [0.25, 0.3) is 0 Å². The van der Waals surface area contributed by atoms with Crippen molar-refractivity contribution in [3.8, 4) is 0 Å². The minimum atomic E-state index is -0.207. The fraction of sp³-hybridized carbons (Fsp3) is 0.812. The van der Waals surface area contributed by atoms with Crippen LogP contribution < -0.4 is 0 Å². The molecule has 0 heterocycles. The summed E-state index contributed by atoms with van der Waals surface area (Å²) >= 11 is 0. The van der Waals surface area contributed by atoms with E-state index in [1.165, 1.54) is 12.8 Å². The molecule has 0 aromatic carbocycles. The molecule has 0 unspecified atom stereocenters. The molecule has 112 valence electrons. The fourth-order valence-electron chi connectivity index (χ4n) is 1.68. The van der Waals surface area contributed by atoms with Gasteiger partial charge in [-0.25, -0.2) is 4.79 Å². The summed E-state index contributed by atoms with van der Waals surface area (Å²) in [7, 11) is 0. The molecule has 0 amide bonds. The van der Waals surface area contributed by atoms with Crippen LogP contribution in [0.5, 0.6) is 0 Å². The Labute approximate surface area is 118 Å². The predicted octanol–water partition coefficient (Wildman–Crippen LogP) is 4.26. The Hall–Kier alpha value is -0.830. The Morgan fingerprint density at radius 1 is 1.00 bits per heavy atom. The quantitative estimate of drug-likeness (QED) is 0.302. The molecule has 0 saturated heterocycles. The first kappa shape index (κ1) is 18.2. The smallest absolute Gasteiger partial charge is 0.336 e. The van der Waals surface area contributed by atoms with Gasteiger partial charge in [0.15, 0.2) is 0 Å². The van der Waals surface area contributed by atoms with Crippen molar-refractivity contribution in [3.63, 3.8) is 0 Å². The number of carbonyl (C=O) groups excluding carboxylic acids is 1. The number of unbranched alkanes of at least 4 members (excludes halogenated alkanes) is 5. The standard InChI is InChI=1S/C16H30O3/c1-4-7-9-11-13-19-16(17)15(14-18-6-3)12-10-8-5-2/h12H,4-11,13-14H2,1-3H3. The van der Waals surface area contributed by atoms with E-state index >= 15 is 0 Å². The summed E-state index contributed by atoms with van der Waals surface area (Å²) in [6.45, 7) is 7.75. The van der Waals surface area contributed by atoms with Gasteiger partial charge in [0.1, 0.15) is 0 Å². The van der Waals surface area contributed by atoms with Gasteiger partial charge in [0.05, 0.1) is 18.8 Å². The zero-order valence-corrected chi connectivity index (χ0v) is 12.9.